The summed E-state index contributed by atoms with van der Waals surface area (Å²) in [6, 6.07) is 1.52. The molecule has 1 saturated heterocycles. The number of hydrogen-bond donors (Lipinski definition) is 3. The predicted octanol–water partition coefficient (Wildman–Crippen LogP) is 0.694. The van der Waals surface area contributed by atoms with Gasteiger partial charge in [0.1, 0.15) is 5.82 Å². The summed E-state index contributed by atoms with van der Waals surface area (Å²) in [7, 11) is 1.00. The van der Waals surface area contributed by atoms with E-state index in [9.17, 15) is 4.79 Å². The third kappa shape index (κ3) is 12.9. The molecule has 0 bridgehead atoms. The second-order valence-corrected chi connectivity index (χ2v) is 3.32. The van der Waals surface area contributed by atoms with Crippen LogP contribution in [0.4, 0.5) is 5.82 Å². The number of aromatic amines is 1. The number of nitrogens with two attached hydrogens (primary N) is 1. The topological polar surface area (TPSA) is 101 Å². The van der Waals surface area contributed by atoms with Gasteiger partial charge in [0.15, 0.2) is 0 Å². The van der Waals surface area contributed by atoms with Crippen LogP contribution in [-0.4, -0.2) is 40.5 Å². The first-order chi connectivity index (χ1) is 8.29. The van der Waals surface area contributed by atoms with Crippen LogP contribution in [0.2, 0.25) is 0 Å². The van der Waals surface area contributed by atoms with Crippen LogP contribution in [-0.2, 0) is 4.74 Å². The Hall–Kier alpha value is -1.05. The van der Waals surface area contributed by atoms with E-state index in [2.05, 4.69) is 9.97 Å². The van der Waals surface area contributed by atoms with Crippen molar-refractivity contribution >= 4 is 17.6 Å². The van der Waals surface area contributed by atoms with Crippen molar-refractivity contribution in [2.24, 2.45) is 0 Å². The maximum atomic E-state index is 10.2. The Bertz CT molecular complexity index is 295. The molecule has 100 valence electrons. The molecule has 17 heavy (non-hydrogen) atoms. The number of H-pyrrole nitrogens is 1. The van der Waals surface area contributed by atoms with Gasteiger partial charge >= 0.3 is 5.69 Å². The second kappa shape index (κ2) is 14.9. The van der Waals surface area contributed by atoms with Crippen LogP contribution in [0.3, 0.4) is 0 Å². The zero-order chi connectivity index (χ0) is 13.5. The van der Waals surface area contributed by atoms with Crippen molar-refractivity contribution in [3.05, 3.63) is 22.7 Å². The highest BCUT2D eigenvalue weighted by atomic mass is 32.2. The van der Waals surface area contributed by atoms with Crippen molar-refractivity contribution in [2.75, 3.05) is 31.1 Å². The van der Waals surface area contributed by atoms with Gasteiger partial charge in [-0.05, 0) is 6.07 Å². The number of nitrogen functional groups attached to an aromatic ring is 1. The van der Waals surface area contributed by atoms with Crippen LogP contribution in [0.25, 0.3) is 0 Å². The Morgan fingerprint density at radius 1 is 1.53 bits per heavy atom. The summed E-state index contributed by atoms with van der Waals surface area (Å²) < 4.78 is 4.91. The van der Waals surface area contributed by atoms with E-state index in [1.807, 2.05) is 25.6 Å². The van der Waals surface area contributed by atoms with E-state index in [-0.39, 0.29) is 0 Å². The molecule has 2 heterocycles. The molecular weight excluding hydrogens is 242 g/mol. The Morgan fingerprint density at radius 2 is 2.18 bits per heavy atom. The lowest BCUT2D eigenvalue weighted by atomic mass is 10.6. The minimum atomic E-state index is -0.412. The van der Waals surface area contributed by atoms with E-state index in [1.54, 1.807) is 0 Å². The first-order valence-corrected chi connectivity index (χ1v) is 6.35. The Kier molecular flexibility index (Phi) is 16.1. The van der Waals surface area contributed by atoms with Gasteiger partial charge in [-0.2, -0.15) is 0 Å². The number of rotatable bonds is 0. The second-order valence-electron chi connectivity index (χ2n) is 2.26. The largest absolute Gasteiger partial charge is 0.400 e. The molecule has 0 radical (unpaired) electrons. The van der Waals surface area contributed by atoms with Gasteiger partial charge in [-0.25, -0.2) is 9.78 Å². The van der Waals surface area contributed by atoms with Crippen molar-refractivity contribution in [3.63, 3.8) is 0 Å². The van der Waals surface area contributed by atoms with Gasteiger partial charge in [0.05, 0.1) is 12.5 Å². The lowest BCUT2D eigenvalue weighted by Gasteiger charge is -1.84. The Balaban J connectivity index is 0. The summed E-state index contributed by atoms with van der Waals surface area (Å²) >= 11 is 1.85. The van der Waals surface area contributed by atoms with Crippen molar-refractivity contribution in [1.29, 1.82) is 0 Å². The third-order valence-electron chi connectivity index (χ3n) is 1.24. The minimum absolute atomic E-state index is 0.338. The molecule has 4 N–H and O–H groups in total. The highest BCUT2D eigenvalue weighted by molar-refractivity contribution is 7.99. The average molecular weight is 263 g/mol. The fourth-order valence-corrected chi connectivity index (χ4v) is 1.27. The van der Waals surface area contributed by atoms with Gasteiger partial charge in [0, 0.05) is 19.1 Å². The molecule has 0 spiro atoms. The molecule has 0 amide bonds. The van der Waals surface area contributed by atoms with Crippen LogP contribution in [0, 0.1) is 0 Å². The maximum Gasteiger partial charge on any atom is 0.346 e. The van der Waals surface area contributed by atoms with Crippen LogP contribution in [0.1, 0.15) is 13.8 Å². The number of hydrogen-bond acceptors (Lipinski definition) is 6. The van der Waals surface area contributed by atoms with E-state index in [1.165, 1.54) is 18.0 Å². The predicted molar refractivity (Wildman–Crippen MR) is 72.0 cm³/mol. The molecule has 2 rings (SSSR count). The summed E-state index contributed by atoms with van der Waals surface area (Å²) in [4.78, 5) is 15.9. The van der Waals surface area contributed by atoms with Crippen molar-refractivity contribution in [1.82, 2.24) is 9.97 Å². The van der Waals surface area contributed by atoms with Crippen molar-refractivity contribution in [3.8, 4) is 0 Å². The van der Waals surface area contributed by atoms with E-state index in [0.29, 0.717) is 5.82 Å². The van der Waals surface area contributed by atoms with Gasteiger partial charge in [-0.3, -0.25) is 4.98 Å². The molecule has 1 fully saturated rings. The number of ether oxygens (including phenoxy) is 1. The van der Waals surface area contributed by atoms with Gasteiger partial charge in [0.2, 0.25) is 0 Å². The fraction of sp³-hybridized carbons (Fsp3) is 0.600. The average Bonchev–Trinajstić information content (AvgIpc) is 2.93. The van der Waals surface area contributed by atoms with Crippen molar-refractivity contribution in [2.45, 2.75) is 13.8 Å². The zero-order valence-corrected chi connectivity index (χ0v) is 11.3. The van der Waals surface area contributed by atoms with E-state index < -0.39 is 5.69 Å². The summed E-state index contributed by atoms with van der Waals surface area (Å²) in [5.74, 6) is 2.45. The maximum absolute atomic E-state index is 10.2. The van der Waals surface area contributed by atoms with Crippen molar-refractivity contribution < 1.29 is 9.84 Å². The Morgan fingerprint density at radius 3 is 2.41 bits per heavy atom. The van der Waals surface area contributed by atoms with Crippen LogP contribution >= 0.6 is 11.8 Å². The molecule has 1 aromatic rings. The summed E-state index contributed by atoms with van der Waals surface area (Å²) in [6.07, 6.45) is 1.36. The molecule has 0 unspecified atom stereocenters. The van der Waals surface area contributed by atoms with E-state index in [4.69, 9.17) is 15.6 Å². The number of nitrogens with one attached hydrogen (secondary N) is 1. The van der Waals surface area contributed by atoms with Crippen LogP contribution < -0.4 is 11.4 Å². The molecule has 0 aliphatic carbocycles. The number of aromatic nitrogens is 2. The Labute approximate surface area is 106 Å². The van der Waals surface area contributed by atoms with Gasteiger partial charge in [0.25, 0.3) is 0 Å². The molecule has 7 heteroatoms. The SMILES string of the molecule is C1CSCO1.CC.CO.Nc1ccnc(=O)[nH]1. The molecular formula is C10H21N3O3S. The van der Waals surface area contributed by atoms with Gasteiger partial charge in [-0.1, -0.05) is 13.8 Å². The molecule has 0 aromatic carbocycles. The molecule has 1 aromatic heterocycles. The fourth-order valence-electron chi connectivity index (χ4n) is 0.677. The lowest BCUT2D eigenvalue weighted by molar-refractivity contribution is 0.217. The normalized spacial score (nSPS) is 12.0. The monoisotopic (exact) mass is 263 g/mol. The van der Waals surface area contributed by atoms with E-state index >= 15 is 0 Å². The first-order valence-electron chi connectivity index (χ1n) is 5.20. The van der Waals surface area contributed by atoms with Crippen LogP contribution in [0.5, 0.6) is 0 Å². The summed E-state index contributed by atoms with van der Waals surface area (Å²) in [5.41, 5.74) is 4.75. The number of anilines is 1. The smallest absolute Gasteiger partial charge is 0.346 e. The number of nitrogens with zero attached hydrogens (tertiary/aromatic N) is 1. The van der Waals surface area contributed by atoms with E-state index in [0.717, 1.165) is 19.7 Å². The lowest BCUT2D eigenvalue weighted by Crippen LogP contribution is -2.10. The quantitative estimate of drug-likeness (QED) is 0.636. The number of thioether (sulfide) groups is 1. The van der Waals surface area contributed by atoms with Crippen LogP contribution in [0.15, 0.2) is 17.1 Å². The zero-order valence-electron chi connectivity index (χ0n) is 10.5. The number of aliphatic hydroxyl groups is 1. The molecule has 1 aliphatic rings. The van der Waals surface area contributed by atoms with Gasteiger partial charge < -0.3 is 15.6 Å². The highest BCUT2D eigenvalue weighted by Crippen LogP contribution is 2.06. The molecule has 1 aliphatic heterocycles. The summed E-state index contributed by atoms with van der Waals surface area (Å²) in [5, 5.41) is 7.00. The summed E-state index contributed by atoms with van der Waals surface area (Å²) in [6.45, 7) is 4.96. The minimum Gasteiger partial charge on any atom is -0.400 e. The molecule has 0 atom stereocenters. The van der Waals surface area contributed by atoms with Gasteiger partial charge in [-0.15, -0.1) is 11.8 Å². The first kappa shape index (κ1) is 18.3. The standard InChI is InChI=1S/C4H5N3O.C3H6OS.C2H6.CH4O/c5-3-1-2-6-4(8)7-3;1-2-5-3-4-1;2*1-2/h1-2H,(H3,5,6,7,8);1-3H2;1-2H3;2H,1H3. The number of aliphatic hydroxyl groups excluding tert-OH is 1. The molecule has 6 nitrogen and oxygen atoms in total. The highest BCUT2D eigenvalue weighted by Gasteiger charge is 1.94. The third-order valence-corrected chi connectivity index (χ3v) is 2.02. The molecule has 0 saturated carbocycles.